The van der Waals surface area contributed by atoms with E-state index in [0.29, 0.717) is 32.1 Å². The van der Waals surface area contributed by atoms with Crippen molar-refractivity contribution < 1.29 is 14.3 Å². The molecular formula is C33H46N6O3. The van der Waals surface area contributed by atoms with E-state index in [2.05, 4.69) is 57.4 Å². The minimum Gasteiger partial charge on any atom is -0.493 e. The first-order chi connectivity index (χ1) is 20.4. The van der Waals surface area contributed by atoms with Crippen molar-refractivity contribution in [1.29, 1.82) is 0 Å². The fourth-order valence-corrected chi connectivity index (χ4v) is 6.02. The molecule has 3 aliphatic rings. The van der Waals surface area contributed by atoms with Crippen LogP contribution in [0.3, 0.4) is 0 Å². The van der Waals surface area contributed by atoms with Gasteiger partial charge in [-0.3, -0.25) is 4.79 Å². The molecule has 0 saturated carbocycles. The second kappa shape index (κ2) is 14.0. The molecule has 9 heteroatoms. The van der Waals surface area contributed by atoms with Gasteiger partial charge in [-0.25, -0.2) is 14.8 Å². The third kappa shape index (κ3) is 7.61. The Kier molecular flexibility index (Phi) is 9.97. The van der Waals surface area contributed by atoms with Crippen LogP contribution in [0.5, 0.6) is 5.75 Å². The van der Waals surface area contributed by atoms with Crippen molar-refractivity contribution in [3.05, 3.63) is 53.9 Å². The minimum atomic E-state index is -0.0381. The van der Waals surface area contributed by atoms with E-state index in [1.54, 1.807) is 0 Å². The van der Waals surface area contributed by atoms with Crippen molar-refractivity contribution in [2.75, 3.05) is 50.8 Å². The number of urea groups is 1. The number of ether oxygens (including phenoxy) is 1. The lowest BCUT2D eigenvalue weighted by molar-refractivity contribution is -0.137. The number of aromatic nitrogens is 2. The Morgan fingerprint density at radius 3 is 2.21 bits per heavy atom. The van der Waals surface area contributed by atoms with Gasteiger partial charge in [0, 0.05) is 63.6 Å². The van der Waals surface area contributed by atoms with Gasteiger partial charge in [0.2, 0.25) is 11.9 Å². The largest absolute Gasteiger partial charge is 0.493 e. The number of nitrogens with one attached hydrogen (secondary N) is 1. The van der Waals surface area contributed by atoms with Crippen LogP contribution in [0, 0.1) is 11.8 Å². The van der Waals surface area contributed by atoms with E-state index >= 15 is 0 Å². The van der Waals surface area contributed by atoms with Crippen LogP contribution in [0.4, 0.5) is 10.7 Å². The number of rotatable bonds is 8. The average Bonchev–Trinajstić information content (AvgIpc) is 3.04. The number of hydrogen-bond acceptors (Lipinski definition) is 6. The molecule has 0 spiro atoms. The van der Waals surface area contributed by atoms with Gasteiger partial charge < -0.3 is 24.8 Å². The van der Waals surface area contributed by atoms with E-state index in [9.17, 15) is 9.59 Å². The summed E-state index contributed by atoms with van der Waals surface area (Å²) in [5.41, 5.74) is 3.69. The smallest absolute Gasteiger partial charge is 0.317 e. The van der Waals surface area contributed by atoms with Gasteiger partial charge in [-0.1, -0.05) is 25.1 Å². The first-order valence-corrected chi connectivity index (χ1v) is 15.7. The van der Waals surface area contributed by atoms with Crippen molar-refractivity contribution >= 4 is 23.5 Å². The predicted molar refractivity (Wildman–Crippen MR) is 165 cm³/mol. The second-order valence-corrected chi connectivity index (χ2v) is 12.1. The summed E-state index contributed by atoms with van der Waals surface area (Å²) in [5, 5.41) is 2.94. The number of carbonyl (C=O) groups is 2. The Balaban J connectivity index is 1.03. The van der Waals surface area contributed by atoms with Crippen molar-refractivity contribution in [3.63, 3.8) is 0 Å². The molecule has 0 bridgehead atoms. The monoisotopic (exact) mass is 574 g/mol. The van der Waals surface area contributed by atoms with E-state index in [1.165, 1.54) is 16.7 Å². The molecule has 1 unspecified atom stereocenters. The highest BCUT2D eigenvalue weighted by Crippen LogP contribution is 2.32. The van der Waals surface area contributed by atoms with E-state index in [4.69, 9.17) is 4.74 Å². The molecule has 1 atom stereocenters. The Bertz CT molecular complexity index is 1210. The molecule has 1 aromatic heterocycles. The lowest BCUT2D eigenvalue weighted by atomic mass is 9.85. The molecule has 2 fully saturated rings. The Morgan fingerprint density at radius 1 is 0.952 bits per heavy atom. The lowest BCUT2D eigenvalue weighted by Gasteiger charge is -2.37. The molecule has 9 nitrogen and oxygen atoms in total. The van der Waals surface area contributed by atoms with Gasteiger partial charge >= 0.3 is 6.03 Å². The summed E-state index contributed by atoms with van der Waals surface area (Å²) in [4.78, 5) is 40.5. The van der Waals surface area contributed by atoms with Gasteiger partial charge in [-0.2, -0.15) is 0 Å². The van der Waals surface area contributed by atoms with E-state index in [0.717, 1.165) is 69.9 Å². The third-order valence-electron chi connectivity index (χ3n) is 8.76. The van der Waals surface area contributed by atoms with E-state index < -0.39 is 0 Å². The highest BCUT2D eigenvalue weighted by Gasteiger charge is 2.30. The number of hydrogen-bond donors (Lipinski definition) is 1. The van der Waals surface area contributed by atoms with Gasteiger partial charge in [0.05, 0.1) is 6.61 Å². The quantitative estimate of drug-likeness (QED) is 0.488. The summed E-state index contributed by atoms with van der Waals surface area (Å²) in [6, 6.07) is 8.50. The fraction of sp³-hybridized carbons (Fsp3) is 0.576. The maximum absolute atomic E-state index is 13.2. The van der Waals surface area contributed by atoms with Crippen molar-refractivity contribution in [3.8, 4) is 5.75 Å². The average molecular weight is 575 g/mol. The maximum atomic E-state index is 13.2. The number of carbonyl (C=O) groups excluding carboxylic acids is 2. The van der Waals surface area contributed by atoms with Crippen molar-refractivity contribution in [1.82, 2.24) is 25.1 Å². The minimum absolute atomic E-state index is 0.0288. The van der Waals surface area contributed by atoms with E-state index in [1.807, 2.05) is 36.0 Å². The van der Waals surface area contributed by atoms with Crippen LogP contribution < -0.4 is 15.0 Å². The van der Waals surface area contributed by atoms with Crippen molar-refractivity contribution in [2.24, 2.45) is 11.8 Å². The Morgan fingerprint density at radius 2 is 1.62 bits per heavy atom. The molecule has 0 radical (unpaired) electrons. The lowest BCUT2D eigenvalue weighted by Crippen LogP contribution is -2.55. The van der Waals surface area contributed by atoms with Gasteiger partial charge in [0.25, 0.3) is 0 Å². The van der Waals surface area contributed by atoms with Crippen molar-refractivity contribution in [2.45, 2.75) is 65.3 Å². The number of amides is 3. The zero-order valence-corrected chi connectivity index (χ0v) is 25.4. The van der Waals surface area contributed by atoms with Gasteiger partial charge in [0.15, 0.2) is 0 Å². The third-order valence-corrected chi connectivity index (χ3v) is 8.76. The number of nitrogens with zero attached hydrogens (tertiary/aromatic N) is 5. The molecule has 3 amide bonds. The molecule has 2 aliphatic heterocycles. The van der Waals surface area contributed by atoms with Gasteiger partial charge in [-0.05, 0) is 87.1 Å². The van der Waals surface area contributed by atoms with Crippen LogP contribution in [0.15, 0.2) is 42.7 Å². The molecule has 1 aromatic carbocycles. The molecule has 1 aliphatic carbocycles. The fourth-order valence-electron chi connectivity index (χ4n) is 6.02. The summed E-state index contributed by atoms with van der Waals surface area (Å²) < 4.78 is 6.17. The molecule has 2 aromatic rings. The molecule has 1 N–H and O–H groups in total. The number of piperidine rings is 1. The molecule has 2 saturated heterocycles. The number of benzene rings is 1. The molecular weight excluding hydrogens is 528 g/mol. The molecule has 42 heavy (non-hydrogen) atoms. The van der Waals surface area contributed by atoms with Crippen LogP contribution in [0.1, 0.15) is 64.0 Å². The standard InChI is InChI=1S/C33H46N6O3/c1-4-25-21-34-32(35-22-25)38-15-13-26(14-16-38)23-42-30-11-9-28(10-12-30)27-5-7-29(8-6-27)31(40)37-17-19-39(20-18-37)33(41)36-24(2)3/h5,9-12,21-22,24,26,29H,4,6-8,13-20,23H2,1-3H3,(H,36,41). The van der Waals surface area contributed by atoms with Crippen LogP contribution in [0.25, 0.3) is 5.57 Å². The second-order valence-electron chi connectivity index (χ2n) is 12.1. The Hall–Kier alpha value is -3.62. The number of anilines is 1. The zero-order chi connectivity index (χ0) is 29.5. The first kappa shape index (κ1) is 29.9. The van der Waals surface area contributed by atoms with Crippen LogP contribution >= 0.6 is 0 Å². The van der Waals surface area contributed by atoms with E-state index in [-0.39, 0.29) is 23.9 Å². The predicted octanol–water partition coefficient (Wildman–Crippen LogP) is 4.78. The number of piperazine rings is 1. The number of aryl methyl sites for hydroxylation is 1. The topological polar surface area (TPSA) is 90.9 Å². The normalized spacial score (nSPS) is 20.0. The van der Waals surface area contributed by atoms with Crippen LogP contribution in [0.2, 0.25) is 0 Å². The molecule has 5 rings (SSSR count). The highest BCUT2D eigenvalue weighted by molar-refractivity contribution is 5.81. The summed E-state index contributed by atoms with van der Waals surface area (Å²) in [7, 11) is 0. The number of allylic oxidation sites excluding steroid dienone is 2. The van der Waals surface area contributed by atoms with Gasteiger partial charge in [0.1, 0.15) is 5.75 Å². The SMILES string of the molecule is CCc1cnc(N2CCC(COc3ccc(C4=CCC(C(=O)N5CCN(C(=O)NC(C)C)CC5)CC4)cc3)CC2)nc1. The van der Waals surface area contributed by atoms with Crippen LogP contribution in [-0.4, -0.2) is 83.6 Å². The molecule has 3 heterocycles. The zero-order valence-electron chi connectivity index (χ0n) is 25.4. The summed E-state index contributed by atoms with van der Waals surface area (Å²) in [6.45, 7) is 11.1. The summed E-state index contributed by atoms with van der Waals surface area (Å²) >= 11 is 0. The van der Waals surface area contributed by atoms with Crippen LogP contribution in [-0.2, 0) is 11.2 Å². The molecule has 226 valence electrons. The summed E-state index contributed by atoms with van der Waals surface area (Å²) in [5.74, 6) is 2.53. The first-order valence-electron chi connectivity index (χ1n) is 15.7. The maximum Gasteiger partial charge on any atom is 0.317 e. The highest BCUT2D eigenvalue weighted by atomic mass is 16.5. The Labute approximate surface area is 250 Å². The van der Waals surface area contributed by atoms with Gasteiger partial charge in [-0.15, -0.1) is 0 Å². The summed E-state index contributed by atoms with van der Waals surface area (Å²) in [6.07, 6.45) is 11.8.